The summed E-state index contributed by atoms with van der Waals surface area (Å²) >= 11 is 0.453. The Kier molecular flexibility index (Phi) is 88.5. The van der Waals surface area contributed by atoms with Crippen molar-refractivity contribution in [1.29, 1.82) is 10.5 Å². The molecule has 0 saturated heterocycles. The van der Waals surface area contributed by atoms with Crippen molar-refractivity contribution >= 4 is 113 Å². The molecule has 0 heterocycles. The Hall–Kier alpha value is 2.42. The van der Waals surface area contributed by atoms with E-state index in [1.807, 2.05) is 0 Å². The van der Waals surface area contributed by atoms with E-state index in [4.69, 9.17) is 10.5 Å². The molecule has 0 atom stereocenters. The third-order valence-corrected chi connectivity index (χ3v) is 0.349. The van der Waals surface area contributed by atoms with Gasteiger partial charge in [0, 0.05) is 0 Å². The number of hydrogen-bond donors (Lipinski definition) is 0. The monoisotopic (exact) mass is 208 g/mol. The molecule has 0 N–H and O–H groups in total. The van der Waals surface area contributed by atoms with Crippen LogP contribution in [0.5, 0.6) is 0 Å². The quantitative estimate of drug-likeness (QED) is 0.242. The summed E-state index contributed by atoms with van der Waals surface area (Å²) in [7, 11) is 0. The number of nitrogens with zero attached hydrogens (tertiary/aromatic N) is 2. The van der Waals surface area contributed by atoms with Crippen LogP contribution in [-0.4, -0.2) is 88.7 Å². The van der Waals surface area contributed by atoms with Crippen molar-refractivity contribution in [3.05, 3.63) is 0 Å². The zero-order valence-corrected chi connectivity index (χ0v) is 4.75. The van der Waals surface area contributed by atoms with Gasteiger partial charge in [-0.1, -0.05) is 0 Å². The Morgan fingerprint density at radius 3 is 1.60 bits per heavy atom. The molecule has 0 saturated carbocycles. The van der Waals surface area contributed by atoms with Crippen LogP contribution in [0.1, 0.15) is 0 Å². The molecule has 0 rings (SSSR count). The van der Waals surface area contributed by atoms with Gasteiger partial charge < -0.3 is 4.18 Å². The zero-order chi connectivity index (χ0) is 4.83. The average molecular weight is 209 g/mol. The summed E-state index contributed by atoms with van der Waals surface area (Å²) in [5, 5.41) is 16.7. The van der Waals surface area contributed by atoms with Crippen molar-refractivity contribution < 1.29 is 4.18 Å². The fourth-order valence-corrected chi connectivity index (χ4v) is 0.112. The second-order valence-electron chi connectivity index (χ2n) is 0.349. The Morgan fingerprint density at radius 2 is 1.50 bits per heavy atom. The van der Waals surface area contributed by atoms with Crippen LogP contribution in [0, 0.1) is 22.2 Å². The van der Waals surface area contributed by atoms with Crippen LogP contribution in [0.2, 0.25) is 0 Å². The Balaban J connectivity index is -0.0000000208. The summed E-state index contributed by atoms with van der Waals surface area (Å²) in [4.78, 5) is 0. The molecule has 0 radical (unpaired) electrons. The molecular weight excluding hydrogens is 205 g/mol. The topological polar surface area (TPSA) is 56.8 Å². The number of hydrogen-bond acceptors (Lipinski definition) is 4. The summed E-state index contributed by atoms with van der Waals surface area (Å²) in [6.45, 7) is 0. The van der Waals surface area contributed by atoms with Gasteiger partial charge in [0.05, 0.1) is 0 Å². The minimum absolute atomic E-state index is 0. The number of rotatable bonds is 1. The van der Waals surface area contributed by atoms with Gasteiger partial charge in [-0.25, -0.2) is 0 Å². The van der Waals surface area contributed by atoms with E-state index in [9.17, 15) is 0 Å². The molecule has 10 heavy (non-hydrogen) atoms. The van der Waals surface area contributed by atoms with Crippen LogP contribution < -0.4 is 0 Å². The van der Waals surface area contributed by atoms with Gasteiger partial charge >= 0.3 is 94.9 Å². The molecule has 44 valence electrons. The second-order valence-corrected chi connectivity index (χ2v) is 0.865. The molecule has 0 bridgehead atoms. The summed E-state index contributed by atoms with van der Waals surface area (Å²) in [6, 6.07) is 0. The Morgan fingerprint density at radius 1 is 1.10 bits per heavy atom. The molecule has 0 unspecified atom stereocenters. The van der Waals surface area contributed by atoms with Crippen molar-refractivity contribution in [3.8, 4) is 11.7 Å². The Bertz CT molecular complexity index is 98.1. The first-order valence-corrected chi connectivity index (χ1v) is 1.76. The van der Waals surface area contributed by atoms with Crippen molar-refractivity contribution in [2.75, 3.05) is 0 Å². The van der Waals surface area contributed by atoms with Crippen LogP contribution >= 0.6 is 24.4 Å². The standard InChI is InChI=1S/C2N2OS.ClH.3Na.3H/c3-1-5-6-2-4;;;;;;;/h;1H;;;;;;. The third kappa shape index (κ3) is 31.5. The first-order valence-electron chi connectivity index (χ1n) is 1.02. The van der Waals surface area contributed by atoms with Gasteiger partial charge in [0.1, 0.15) is 0 Å². The maximum atomic E-state index is 7.63. The molecule has 0 aromatic carbocycles. The molecule has 0 aromatic rings. The zero-order valence-electron chi connectivity index (χ0n) is 3.12. The van der Waals surface area contributed by atoms with Crippen LogP contribution in [-0.2, 0) is 4.18 Å². The Labute approximate surface area is 137 Å². The van der Waals surface area contributed by atoms with Gasteiger partial charge in [-0.15, -0.1) is 17.7 Å². The van der Waals surface area contributed by atoms with Crippen molar-refractivity contribution in [1.82, 2.24) is 0 Å². The first kappa shape index (κ1) is 29.4. The van der Waals surface area contributed by atoms with Gasteiger partial charge in [0.2, 0.25) is 0 Å². The number of halogens is 1. The molecule has 0 amide bonds. The molecule has 8 heteroatoms. The molecule has 0 fully saturated rings. The van der Waals surface area contributed by atoms with Crippen molar-refractivity contribution in [3.63, 3.8) is 0 Å². The van der Waals surface area contributed by atoms with E-state index in [0.717, 1.165) is 0 Å². The molecule has 0 aliphatic heterocycles. The van der Waals surface area contributed by atoms with E-state index in [1.165, 1.54) is 6.26 Å². The summed E-state index contributed by atoms with van der Waals surface area (Å²) in [6.07, 6.45) is 1.31. The van der Waals surface area contributed by atoms with Crippen LogP contribution in [0.3, 0.4) is 0 Å². The minimum atomic E-state index is 0. The van der Waals surface area contributed by atoms with Gasteiger partial charge in [-0.2, -0.15) is 5.26 Å². The fourth-order valence-electron chi connectivity index (χ4n) is 0.0373. The van der Waals surface area contributed by atoms with Gasteiger partial charge in [0.15, 0.2) is 17.4 Å². The summed E-state index contributed by atoms with van der Waals surface area (Å²) in [5.41, 5.74) is 0. The van der Waals surface area contributed by atoms with Gasteiger partial charge in [0.25, 0.3) is 0 Å². The molecule has 0 aromatic heterocycles. The van der Waals surface area contributed by atoms with E-state index in [0.29, 0.717) is 12.0 Å². The van der Waals surface area contributed by atoms with E-state index < -0.39 is 0 Å². The normalized spacial score (nSPS) is 3.00. The molecule has 0 spiro atoms. The maximum absolute atomic E-state index is 7.63. The van der Waals surface area contributed by atoms with Crippen LogP contribution in [0.4, 0.5) is 0 Å². The van der Waals surface area contributed by atoms with E-state index >= 15 is 0 Å². The number of thiocyanates is 1. The van der Waals surface area contributed by atoms with Crippen molar-refractivity contribution in [2.24, 2.45) is 0 Å². The molecular formula is C2H4ClN2Na3OS. The fraction of sp³-hybridized carbons (Fsp3) is 0. The second kappa shape index (κ2) is 30.1. The SMILES string of the molecule is Cl.N#COSC#N.[NaH].[NaH].[NaH]. The first-order chi connectivity index (χ1) is 2.91. The van der Waals surface area contributed by atoms with Crippen molar-refractivity contribution in [2.45, 2.75) is 0 Å². The molecule has 3 nitrogen and oxygen atoms in total. The van der Waals surface area contributed by atoms with Gasteiger partial charge in [-0.3, -0.25) is 0 Å². The van der Waals surface area contributed by atoms with E-state index in [-0.39, 0.29) is 101 Å². The third-order valence-electron chi connectivity index (χ3n) is 0.116. The summed E-state index contributed by atoms with van der Waals surface area (Å²) in [5.74, 6) is 0. The van der Waals surface area contributed by atoms with E-state index in [1.54, 1.807) is 5.40 Å². The van der Waals surface area contributed by atoms with E-state index in [2.05, 4.69) is 4.18 Å². The predicted molar refractivity (Wildman–Crippen MR) is 48.6 cm³/mol. The average Bonchev–Trinajstić information content (AvgIpc) is 1.61. The van der Waals surface area contributed by atoms with Crippen LogP contribution in [0.25, 0.3) is 0 Å². The molecule has 0 aliphatic rings. The summed E-state index contributed by atoms with van der Waals surface area (Å²) < 4.78 is 3.84. The van der Waals surface area contributed by atoms with Crippen LogP contribution in [0.15, 0.2) is 0 Å². The predicted octanol–water partition coefficient (Wildman–Crippen LogP) is -0.910. The molecule has 0 aliphatic carbocycles. The van der Waals surface area contributed by atoms with Gasteiger partial charge in [-0.05, 0) is 0 Å². The number of nitriles is 2.